The van der Waals surface area contributed by atoms with E-state index in [1.54, 1.807) is 12.1 Å². The van der Waals surface area contributed by atoms with Gasteiger partial charge in [0.1, 0.15) is 12.4 Å². The van der Waals surface area contributed by atoms with Crippen molar-refractivity contribution < 1.29 is 14.2 Å². The summed E-state index contributed by atoms with van der Waals surface area (Å²) < 4.78 is 12.5. The highest BCUT2D eigenvalue weighted by Crippen LogP contribution is 2.17. The van der Waals surface area contributed by atoms with Gasteiger partial charge in [0.05, 0.1) is 25.4 Å². The second-order valence-corrected chi connectivity index (χ2v) is 8.32. The molecule has 3 aromatic rings. The summed E-state index contributed by atoms with van der Waals surface area (Å²) in [6, 6.07) is 17.4. The summed E-state index contributed by atoms with van der Waals surface area (Å²) in [7, 11) is 0. The van der Waals surface area contributed by atoms with Crippen LogP contribution in [0.4, 0.5) is 5.82 Å². The van der Waals surface area contributed by atoms with E-state index in [2.05, 4.69) is 21.3 Å². The molecule has 7 nitrogen and oxygen atoms in total. The lowest BCUT2D eigenvalue weighted by molar-refractivity contribution is -0.590. The van der Waals surface area contributed by atoms with Gasteiger partial charge in [-0.25, -0.2) is 9.71 Å². The Morgan fingerprint density at radius 2 is 1.82 bits per heavy atom. The predicted molar refractivity (Wildman–Crippen MR) is 128 cm³/mol. The number of hydrogen-bond acceptors (Lipinski definition) is 6. The minimum absolute atomic E-state index is 0.459. The topological polar surface area (TPSA) is 73.6 Å². The first kappa shape index (κ1) is 22.9. The summed E-state index contributed by atoms with van der Waals surface area (Å²) >= 11 is 0. The van der Waals surface area contributed by atoms with Crippen molar-refractivity contribution in [1.82, 2.24) is 9.88 Å². The quantitative estimate of drug-likeness (QED) is 0.270. The van der Waals surface area contributed by atoms with Crippen molar-refractivity contribution in [2.24, 2.45) is 0 Å². The molecule has 33 heavy (non-hydrogen) atoms. The number of anilines is 1. The van der Waals surface area contributed by atoms with Crippen LogP contribution in [0.25, 0.3) is 0 Å². The molecule has 1 aliphatic heterocycles. The Morgan fingerprint density at radius 3 is 2.67 bits per heavy atom. The normalized spacial score (nSPS) is 14.1. The summed E-state index contributed by atoms with van der Waals surface area (Å²) in [5.74, 6) is 1.77. The monoisotopic (exact) mass is 448 g/mol. The Hall–Kier alpha value is -3.32. The molecule has 0 saturated carbocycles. The number of benzene rings is 1. The fourth-order valence-electron chi connectivity index (χ4n) is 3.90. The molecule has 4 rings (SSSR count). The number of nitrogens with zero attached hydrogens (tertiary/aromatic N) is 3. The molecule has 1 aromatic carbocycles. The molecular weight excluding hydrogens is 416 g/mol. The smallest absolute Gasteiger partial charge is 0.281 e. The molecule has 1 fully saturated rings. The number of rotatable bonds is 11. The van der Waals surface area contributed by atoms with Gasteiger partial charge in [0, 0.05) is 31.3 Å². The van der Waals surface area contributed by atoms with Crippen molar-refractivity contribution in [1.29, 1.82) is 0 Å². The molecule has 174 valence electrons. The Labute approximate surface area is 195 Å². The highest BCUT2D eigenvalue weighted by atomic mass is 16.5. The van der Waals surface area contributed by atoms with E-state index in [1.807, 2.05) is 42.6 Å². The Morgan fingerprint density at radius 1 is 0.970 bits per heavy atom. The molecular formula is C26H32N4O3. The number of ether oxygens (including phenoxy) is 2. The third-order valence-corrected chi connectivity index (χ3v) is 5.67. The summed E-state index contributed by atoms with van der Waals surface area (Å²) in [6.07, 6.45) is 7.92. The first-order valence-electron chi connectivity index (χ1n) is 11.7. The third-order valence-electron chi connectivity index (χ3n) is 5.67. The molecule has 1 saturated heterocycles. The molecule has 2 aromatic heterocycles. The van der Waals surface area contributed by atoms with Crippen LogP contribution in [0, 0.1) is 5.21 Å². The van der Waals surface area contributed by atoms with E-state index in [4.69, 9.17) is 9.47 Å². The number of hydrogen-bond donors (Lipinski definition) is 1. The van der Waals surface area contributed by atoms with Gasteiger partial charge >= 0.3 is 0 Å². The minimum Gasteiger partial charge on any atom is -0.711 e. The Bertz CT molecular complexity index is 994. The maximum atomic E-state index is 12.1. The fourth-order valence-corrected chi connectivity index (χ4v) is 3.90. The lowest BCUT2D eigenvalue weighted by atomic mass is 10.1. The zero-order valence-electron chi connectivity index (χ0n) is 19.0. The van der Waals surface area contributed by atoms with Gasteiger partial charge < -0.3 is 14.7 Å². The van der Waals surface area contributed by atoms with Crippen LogP contribution < -0.4 is 19.5 Å². The number of pyridine rings is 2. The van der Waals surface area contributed by atoms with E-state index < -0.39 is 0 Å². The summed E-state index contributed by atoms with van der Waals surface area (Å²) in [5, 5.41) is 15.3. The van der Waals surface area contributed by atoms with Gasteiger partial charge in [-0.3, -0.25) is 10.2 Å². The van der Waals surface area contributed by atoms with Crippen molar-refractivity contribution in [2.45, 2.75) is 38.8 Å². The molecule has 7 heteroatoms. The van der Waals surface area contributed by atoms with Crippen LogP contribution in [0.3, 0.4) is 0 Å². The van der Waals surface area contributed by atoms with Gasteiger partial charge in [-0.1, -0.05) is 36.8 Å². The van der Waals surface area contributed by atoms with Gasteiger partial charge in [0.15, 0.2) is 0 Å². The van der Waals surface area contributed by atoms with Crippen molar-refractivity contribution in [3.63, 3.8) is 0 Å². The first-order valence-corrected chi connectivity index (χ1v) is 11.7. The van der Waals surface area contributed by atoms with Gasteiger partial charge in [-0.2, -0.15) is 0 Å². The van der Waals surface area contributed by atoms with Crippen molar-refractivity contribution in [3.8, 4) is 11.6 Å². The molecule has 1 N–H and O–H groups in total. The van der Waals surface area contributed by atoms with Crippen LogP contribution in [-0.2, 0) is 13.2 Å². The van der Waals surface area contributed by atoms with E-state index in [1.165, 1.54) is 44.1 Å². The van der Waals surface area contributed by atoms with Gasteiger partial charge in [-0.15, -0.1) is 0 Å². The zero-order valence-corrected chi connectivity index (χ0v) is 19.0. The molecule has 3 heterocycles. The van der Waals surface area contributed by atoms with Crippen molar-refractivity contribution >= 4 is 5.82 Å². The third kappa shape index (κ3) is 7.36. The Balaban J connectivity index is 1.19. The van der Waals surface area contributed by atoms with E-state index in [0.717, 1.165) is 23.3 Å². The van der Waals surface area contributed by atoms with E-state index in [9.17, 15) is 5.21 Å². The van der Waals surface area contributed by atoms with E-state index >= 15 is 0 Å². The molecule has 0 spiro atoms. The number of piperidine rings is 1. The highest BCUT2D eigenvalue weighted by molar-refractivity contribution is 5.36. The maximum absolute atomic E-state index is 12.1. The number of nitrogens with one attached hydrogen (secondary N) is 1. The highest BCUT2D eigenvalue weighted by Gasteiger charge is 2.11. The largest absolute Gasteiger partial charge is 0.711 e. The van der Waals surface area contributed by atoms with Crippen LogP contribution in [0.5, 0.6) is 11.6 Å². The van der Waals surface area contributed by atoms with Crippen LogP contribution >= 0.6 is 0 Å². The molecule has 0 amide bonds. The first-order chi connectivity index (χ1) is 16.3. The lowest BCUT2D eigenvalue weighted by Gasteiger charge is -2.26. The second-order valence-electron chi connectivity index (χ2n) is 8.32. The molecule has 0 unspecified atom stereocenters. The predicted octanol–water partition coefficient (Wildman–Crippen LogP) is 4.16. The van der Waals surface area contributed by atoms with Crippen molar-refractivity contribution in [3.05, 3.63) is 83.3 Å². The standard InChI is InChI=1S/C26H32N4O3/c31-30-16-11-24(33-21-22-8-3-1-4-9-22)19-25(30)27-12-7-17-32-26-18-23(10-13-28-26)20-29-14-5-2-6-15-29/h1,3-4,8-11,13,16,18-19,27H,2,5-7,12,14-15,17,20-21H2. The van der Waals surface area contributed by atoms with Crippen molar-refractivity contribution in [2.75, 3.05) is 31.6 Å². The van der Waals surface area contributed by atoms with Crippen LogP contribution in [0.15, 0.2) is 67.0 Å². The van der Waals surface area contributed by atoms with Gasteiger partial charge in [-0.05, 0) is 43.1 Å². The SMILES string of the molecule is [O-][n+]1ccc(OCc2ccccc2)cc1NCCCOc1cc(CN2CCCCC2)ccn1. The average molecular weight is 449 g/mol. The summed E-state index contributed by atoms with van der Waals surface area (Å²) in [5.41, 5.74) is 2.32. The van der Waals surface area contributed by atoms with Gasteiger partial charge in [0.2, 0.25) is 5.88 Å². The molecule has 0 atom stereocenters. The molecule has 0 bridgehead atoms. The van der Waals surface area contributed by atoms with Crippen LogP contribution in [0.2, 0.25) is 0 Å². The van der Waals surface area contributed by atoms with E-state index in [0.29, 0.717) is 37.2 Å². The number of likely N-dealkylation sites (tertiary alicyclic amines) is 1. The molecule has 0 radical (unpaired) electrons. The average Bonchev–Trinajstić information content (AvgIpc) is 2.85. The fraction of sp³-hybridized carbons (Fsp3) is 0.385. The lowest BCUT2D eigenvalue weighted by Crippen LogP contribution is -2.30. The molecule has 0 aliphatic carbocycles. The second kappa shape index (κ2) is 12.1. The maximum Gasteiger partial charge on any atom is 0.281 e. The number of aromatic nitrogens is 2. The Kier molecular flexibility index (Phi) is 8.36. The van der Waals surface area contributed by atoms with E-state index in [-0.39, 0.29) is 0 Å². The van der Waals surface area contributed by atoms with Crippen LogP contribution in [0.1, 0.15) is 36.8 Å². The summed E-state index contributed by atoms with van der Waals surface area (Å²) in [6.45, 7) is 4.88. The van der Waals surface area contributed by atoms with Crippen LogP contribution in [-0.4, -0.2) is 36.1 Å². The zero-order chi connectivity index (χ0) is 22.7. The molecule has 1 aliphatic rings. The summed E-state index contributed by atoms with van der Waals surface area (Å²) in [4.78, 5) is 6.82. The minimum atomic E-state index is 0.459. The van der Waals surface area contributed by atoms with Gasteiger partial charge in [0.25, 0.3) is 5.82 Å².